The van der Waals surface area contributed by atoms with Gasteiger partial charge >= 0.3 is 6.18 Å². The molecule has 2 unspecified atom stereocenters. The van der Waals surface area contributed by atoms with Crippen LogP contribution in [-0.4, -0.2) is 36.4 Å². The number of rotatable bonds is 3. The number of piperidine rings is 1. The molecule has 24 heavy (non-hydrogen) atoms. The van der Waals surface area contributed by atoms with E-state index in [9.17, 15) is 26.3 Å². The minimum absolute atomic E-state index is 0.184. The van der Waals surface area contributed by atoms with Crippen molar-refractivity contribution in [1.82, 2.24) is 5.01 Å². The molecule has 2 N–H and O–H groups in total. The van der Waals surface area contributed by atoms with Gasteiger partial charge in [-0.25, -0.2) is 18.2 Å². The van der Waals surface area contributed by atoms with E-state index in [0.29, 0.717) is 11.1 Å². The van der Waals surface area contributed by atoms with Gasteiger partial charge in [0.15, 0.2) is 17.5 Å². The van der Waals surface area contributed by atoms with Gasteiger partial charge in [-0.1, -0.05) is 6.07 Å². The highest BCUT2D eigenvalue weighted by Gasteiger charge is 2.49. The monoisotopic (exact) mass is 352 g/mol. The first-order valence-electron chi connectivity index (χ1n) is 6.92. The van der Waals surface area contributed by atoms with Crippen molar-refractivity contribution in [3.63, 3.8) is 0 Å². The molecule has 2 rings (SSSR count). The number of hydrazone groups is 1. The zero-order valence-corrected chi connectivity index (χ0v) is 12.3. The predicted octanol–water partition coefficient (Wildman–Crippen LogP) is 3.14. The molecule has 1 heterocycles. The van der Waals surface area contributed by atoms with E-state index in [1.54, 1.807) is 0 Å². The molecule has 0 spiro atoms. The average molecular weight is 352 g/mol. The van der Waals surface area contributed by atoms with Gasteiger partial charge in [-0.3, -0.25) is 4.99 Å². The van der Waals surface area contributed by atoms with Crippen LogP contribution in [0.5, 0.6) is 0 Å². The highest BCUT2D eigenvalue weighted by molar-refractivity contribution is 5.90. The molecular weight excluding hydrogens is 338 g/mol. The van der Waals surface area contributed by atoms with E-state index in [2.05, 4.69) is 16.8 Å². The third kappa shape index (κ3) is 3.23. The summed E-state index contributed by atoms with van der Waals surface area (Å²) < 4.78 is 79.9. The van der Waals surface area contributed by atoms with Gasteiger partial charge in [0.1, 0.15) is 11.9 Å². The molecule has 1 aliphatic heterocycles. The number of nitrogens with zero attached hydrogens (tertiary/aromatic N) is 3. The molecule has 10 heteroatoms. The van der Waals surface area contributed by atoms with Crippen molar-refractivity contribution in [3.05, 3.63) is 35.1 Å². The van der Waals surface area contributed by atoms with E-state index >= 15 is 0 Å². The first-order valence-corrected chi connectivity index (χ1v) is 6.92. The van der Waals surface area contributed by atoms with Gasteiger partial charge in [0, 0.05) is 18.2 Å². The fourth-order valence-electron chi connectivity index (χ4n) is 2.75. The molecule has 0 radical (unpaired) electrons. The maximum Gasteiger partial charge on any atom is 0.410 e. The summed E-state index contributed by atoms with van der Waals surface area (Å²) in [5, 5.41) is 3.84. The molecule has 0 saturated carbocycles. The first-order chi connectivity index (χ1) is 11.2. The maximum atomic E-state index is 14.0. The summed E-state index contributed by atoms with van der Waals surface area (Å²) in [6, 6.07) is -0.320. The Morgan fingerprint density at radius 3 is 2.38 bits per heavy atom. The van der Waals surface area contributed by atoms with Crippen molar-refractivity contribution < 1.29 is 26.3 Å². The fraction of sp³-hybridized carbons (Fsp3) is 0.429. The predicted molar refractivity (Wildman–Crippen MR) is 76.0 cm³/mol. The van der Waals surface area contributed by atoms with Crippen LogP contribution in [0.15, 0.2) is 22.2 Å². The zero-order valence-electron chi connectivity index (χ0n) is 12.3. The molecule has 132 valence electrons. The third-order valence-corrected chi connectivity index (χ3v) is 3.79. The molecule has 0 aromatic heterocycles. The molecule has 4 nitrogen and oxygen atoms in total. The zero-order chi connectivity index (χ0) is 18.1. The van der Waals surface area contributed by atoms with Crippen molar-refractivity contribution in [2.45, 2.75) is 31.0 Å². The normalized spacial score (nSPS) is 23.6. The number of benzene rings is 1. The molecular formula is C14H14F6N4. The van der Waals surface area contributed by atoms with Crippen LogP contribution >= 0.6 is 0 Å². The maximum absolute atomic E-state index is 14.0. The Bertz CT molecular complexity index is 657. The second-order valence-corrected chi connectivity index (χ2v) is 5.14. The van der Waals surface area contributed by atoms with Gasteiger partial charge in [0.05, 0.1) is 6.67 Å². The standard InChI is InChI=1S/C14H14F6N4/c1-22-24-10(14(18,19)20)5-3-8(13(24)23-6-21)7-2-4-9(15)12(17)11(7)16/h2,4,8,10H,1,3,5-6,21H2. The molecule has 1 fully saturated rings. The Balaban J connectivity index is 2.51. The van der Waals surface area contributed by atoms with E-state index in [1.807, 2.05) is 0 Å². The van der Waals surface area contributed by atoms with Crippen LogP contribution in [0.1, 0.15) is 24.3 Å². The lowest BCUT2D eigenvalue weighted by atomic mass is 9.86. The largest absolute Gasteiger partial charge is 0.410 e. The van der Waals surface area contributed by atoms with Crippen LogP contribution in [0, 0.1) is 17.5 Å². The highest BCUT2D eigenvalue weighted by Crippen LogP contribution is 2.40. The molecule has 1 aromatic carbocycles. The Kier molecular flexibility index (Phi) is 5.16. The highest BCUT2D eigenvalue weighted by atomic mass is 19.4. The van der Waals surface area contributed by atoms with Gasteiger partial charge in [-0.05, 0) is 18.9 Å². The second kappa shape index (κ2) is 6.80. The third-order valence-electron chi connectivity index (χ3n) is 3.79. The molecule has 2 atom stereocenters. The minimum Gasteiger partial charge on any atom is -0.312 e. The average Bonchev–Trinajstić information content (AvgIpc) is 2.52. The Hall–Kier alpha value is -2.10. The summed E-state index contributed by atoms with van der Waals surface area (Å²) in [4.78, 5) is 3.75. The summed E-state index contributed by atoms with van der Waals surface area (Å²) in [7, 11) is 0. The molecule has 1 aromatic rings. The molecule has 0 amide bonds. The van der Waals surface area contributed by atoms with Gasteiger partial charge in [-0.2, -0.15) is 18.3 Å². The van der Waals surface area contributed by atoms with Crippen molar-refractivity contribution >= 4 is 12.6 Å². The van der Waals surface area contributed by atoms with Crippen molar-refractivity contribution in [2.24, 2.45) is 15.8 Å². The smallest absolute Gasteiger partial charge is 0.312 e. The summed E-state index contributed by atoms with van der Waals surface area (Å²) in [6.07, 6.45) is -5.24. The topological polar surface area (TPSA) is 54.0 Å². The summed E-state index contributed by atoms with van der Waals surface area (Å²) in [5.41, 5.74) is 4.97. The van der Waals surface area contributed by atoms with E-state index in [0.717, 1.165) is 6.07 Å². The second-order valence-electron chi connectivity index (χ2n) is 5.14. The van der Waals surface area contributed by atoms with Crippen LogP contribution < -0.4 is 5.73 Å². The van der Waals surface area contributed by atoms with Crippen LogP contribution in [0.3, 0.4) is 0 Å². The summed E-state index contributed by atoms with van der Waals surface area (Å²) in [5.74, 6) is -5.90. The Morgan fingerprint density at radius 1 is 1.17 bits per heavy atom. The van der Waals surface area contributed by atoms with Crippen LogP contribution in [0.2, 0.25) is 0 Å². The number of halogens is 6. The minimum atomic E-state index is -4.62. The molecule has 0 aliphatic carbocycles. The van der Waals surface area contributed by atoms with Gasteiger partial charge in [-0.15, -0.1) is 0 Å². The van der Waals surface area contributed by atoms with Crippen LogP contribution in [0.4, 0.5) is 26.3 Å². The summed E-state index contributed by atoms with van der Waals surface area (Å²) in [6.45, 7) is 2.71. The molecule has 1 aliphatic rings. The SMILES string of the molecule is C=NN1C(=NCN)C(c2ccc(F)c(F)c2F)CCC1C(F)(F)F. The lowest BCUT2D eigenvalue weighted by molar-refractivity contribution is -0.178. The number of hydrogen-bond donors (Lipinski definition) is 1. The number of aliphatic imine (C=N–C) groups is 1. The van der Waals surface area contributed by atoms with E-state index in [1.165, 1.54) is 0 Å². The number of hydrogen-bond acceptors (Lipinski definition) is 3. The lowest BCUT2D eigenvalue weighted by Gasteiger charge is -2.39. The molecule has 0 bridgehead atoms. The summed E-state index contributed by atoms with van der Waals surface area (Å²) >= 11 is 0. The molecule has 1 saturated heterocycles. The number of nitrogens with two attached hydrogens (primary N) is 1. The van der Waals surface area contributed by atoms with Gasteiger partial charge in [0.2, 0.25) is 0 Å². The number of amidine groups is 1. The Labute approximate surface area is 133 Å². The quantitative estimate of drug-likeness (QED) is 0.516. The van der Waals surface area contributed by atoms with Crippen LogP contribution in [0.25, 0.3) is 0 Å². The number of alkyl halides is 3. The van der Waals surface area contributed by atoms with Gasteiger partial charge in [0.25, 0.3) is 0 Å². The van der Waals surface area contributed by atoms with E-state index in [4.69, 9.17) is 5.73 Å². The van der Waals surface area contributed by atoms with Crippen molar-refractivity contribution in [3.8, 4) is 0 Å². The Morgan fingerprint density at radius 2 is 1.83 bits per heavy atom. The van der Waals surface area contributed by atoms with E-state index < -0.39 is 42.0 Å². The first kappa shape index (κ1) is 18.2. The van der Waals surface area contributed by atoms with E-state index in [-0.39, 0.29) is 24.5 Å². The fourth-order valence-corrected chi connectivity index (χ4v) is 2.75. The van der Waals surface area contributed by atoms with Crippen molar-refractivity contribution in [2.75, 3.05) is 6.67 Å². The lowest BCUT2D eigenvalue weighted by Crippen LogP contribution is -2.51. The van der Waals surface area contributed by atoms with Gasteiger partial charge < -0.3 is 5.73 Å². The van der Waals surface area contributed by atoms with Crippen molar-refractivity contribution in [1.29, 1.82) is 0 Å². The van der Waals surface area contributed by atoms with Crippen LogP contribution in [-0.2, 0) is 0 Å².